The minimum Gasteiger partial charge on any atom is -0.478 e. The number of carbonyl (C=O) groups is 2. The number of amides is 1. The molecule has 1 saturated heterocycles. The summed E-state index contributed by atoms with van der Waals surface area (Å²) in [5, 5.41) is 8.66. The van der Waals surface area contributed by atoms with E-state index < -0.39 is 30.5 Å². The zero-order valence-electron chi connectivity index (χ0n) is 9.61. The molecule has 0 saturated carbocycles. The number of furan rings is 1. The number of hydrogen-bond acceptors (Lipinski definition) is 3. The predicted molar refractivity (Wildman–Crippen MR) is 55.7 cm³/mol. The third kappa shape index (κ3) is 2.72. The molecule has 1 unspecified atom stereocenters. The molecule has 1 aliphatic heterocycles. The van der Waals surface area contributed by atoms with E-state index >= 15 is 0 Å². The summed E-state index contributed by atoms with van der Waals surface area (Å²) in [6.45, 7) is -0.447. The Kier molecular flexibility index (Phi) is 3.25. The van der Waals surface area contributed by atoms with Gasteiger partial charge in [-0.05, 0) is 6.42 Å². The van der Waals surface area contributed by atoms with Gasteiger partial charge >= 0.3 is 12.1 Å². The SMILES string of the molecule is O=C(O)c1coc(C(=O)N2CCC(C(F)(F)F)C2)c1. The van der Waals surface area contributed by atoms with E-state index in [1.165, 1.54) is 0 Å². The first kappa shape index (κ1) is 13.4. The molecule has 0 bridgehead atoms. The number of carbonyl (C=O) groups excluding carboxylic acids is 1. The Morgan fingerprint density at radius 1 is 1.42 bits per heavy atom. The van der Waals surface area contributed by atoms with E-state index in [1.807, 2.05) is 0 Å². The minimum absolute atomic E-state index is 0.0217. The molecule has 104 valence electrons. The van der Waals surface area contributed by atoms with Crippen molar-refractivity contribution in [2.45, 2.75) is 12.6 Å². The topological polar surface area (TPSA) is 70.7 Å². The largest absolute Gasteiger partial charge is 0.478 e. The summed E-state index contributed by atoms with van der Waals surface area (Å²) in [4.78, 5) is 23.5. The van der Waals surface area contributed by atoms with Gasteiger partial charge in [-0.2, -0.15) is 13.2 Å². The lowest BCUT2D eigenvalue weighted by molar-refractivity contribution is -0.169. The van der Waals surface area contributed by atoms with E-state index in [0.29, 0.717) is 0 Å². The smallest absolute Gasteiger partial charge is 0.393 e. The van der Waals surface area contributed by atoms with E-state index in [4.69, 9.17) is 9.52 Å². The van der Waals surface area contributed by atoms with Crippen molar-refractivity contribution in [1.29, 1.82) is 0 Å². The minimum atomic E-state index is -4.33. The van der Waals surface area contributed by atoms with Crippen LogP contribution in [0.3, 0.4) is 0 Å². The number of hydrogen-bond donors (Lipinski definition) is 1. The first-order valence-corrected chi connectivity index (χ1v) is 5.47. The molecule has 5 nitrogen and oxygen atoms in total. The maximum atomic E-state index is 12.5. The number of carboxylic acids is 1. The normalized spacial score (nSPS) is 19.7. The van der Waals surface area contributed by atoms with Crippen molar-refractivity contribution in [3.63, 3.8) is 0 Å². The monoisotopic (exact) mass is 277 g/mol. The van der Waals surface area contributed by atoms with Gasteiger partial charge in [0.2, 0.25) is 0 Å². The molecule has 0 spiro atoms. The van der Waals surface area contributed by atoms with Crippen LogP contribution in [0.15, 0.2) is 16.7 Å². The second-order valence-corrected chi connectivity index (χ2v) is 4.28. The van der Waals surface area contributed by atoms with Crippen molar-refractivity contribution in [1.82, 2.24) is 4.90 Å². The Balaban J connectivity index is 2.07. The summed E-state index contributed by atoms with van der Waals surface area (Å²) in [5.74, 6) is -3.79. The van der Waals surface area contributed by atoms with Crippen LogP contribution in [0, 0.1) is 5.92 Å². The highest BCUT2D eigenvalue weighted by atomic mass is 19.4. The van der Waals surface area contributed by atoms with Crippen molar-refractivity contribution in [2.24, 2.45) is 5.92 Å². The van der Waals surface area contributed by atoms with Gasteiger partial charge < -0.3 is 14.4 Å². The van der Waals surface area contributed by atoms with Gasteiger partial charge in [-0.1, -0.05) is 0 Å². The van der Waals surface area contributed by atoms with Gasteiger partial charge in [0.15, 0.2) is 5.76 Å². The second kappa shape index (κ2) is 4.60. The van der Waals surface area contributed by atoms with Crippen molar-refractivity contribution in [3.8, 4) is 0 Å². The zero-order valence-corrected chi connectivity index (χ0v) is 9.61. The molecule has 8 heteroatoms. The lowest BCUT2D eigenvalue weighted by atomic mass is 10.1. The summed E-state index contributed by atoms with van der Waals surface area (Å²) in [6, 6.07) is 1.01. The number of alkyl halides is 3. The Morgan fingerprint density at radius 2 is 2.11 bits per heavy atom. The summed E-state index contributed by atoms with van der Waals surface area (Å²) in [7, 11) is 0. The van der Waals surface area contributed by atoms with Gasteiger partial charge in [0.25, 0.3) is 5.91 Å². The molecule has 1 atom stereocenters. The fourth-order valence-corrected chi connectivity index (χ4v) is 1.93. The summed E-state index contributed by atoms with van der Waals surface area (Å²) in [6.07, 6.45) is -3.60. The number of nitrogens with zero attached hydrogens (tertiary/aromatic N) is 1. The molecular formula is C11H10F3NO4. The van der Waals surface area contributed by atoms with Crippen LogP contribution in [0.4, 0.5) is 13.2 Å². The van der Waals surface area contributed by atoms with E-state index in [-0.39, 0.29) is 24.3 Å². The van der Waals surface area contributed by atoms with E-state index in [9.17, 15) is 22.8 Å². The van der Waals surface area contributed by atoms with Crippen molar-refractivity contribution >= 4 is 11.9 Å². The molecule has 19 heavy (non-hydrogen) atoms. The highest BCUT2D eigenvalue weighted by Gasteiger charge is 2.45. The van der Waals surface area contributed by atoms with Crippen LogP contribution in [0.25, 0.3) is 0 Å². The quantitative estimate of drug-likeness (QED) is 0.897. The first-order chi connectivity index (χ1) is 8.79. The molecule has 0 aromatic carbocycles. The average Bonchev–Trinajstić information content (AvgIpc) is 2.97. The maximum absolute atomic E-state index is 12.5. The third-order valence-corrected chi connectivity index (χ3v) is 3.00. The fourth-order valence-electron chi connectivity index (χ4n) is 1.93. The zero-order chi connectivity index (χ0) is 14.2. The lowest BCUT2D eigenvalue weighted by Gasteiger charge is -2.16. The van der Waals surface area contributed by atoms with E-state index in [2.05, 4.69) is 0 Å². The molecule has 1 aromatic rings. The molecule has 2 rings (SSSR count). The van der Waals surface area contributed by atoms with Gasteiger partial charge in [0.1, 0.15) is 6.26 Å². The van der Waals surface area contributed by atoms with Gasteiger partial charge in [-0.15, -0.1) is 0 Å². The van der Waals surface area contributed by atoms with Crippen LogP contribution in [0.5, 0.6) is 0 Å². The van der Waals surface area contributed by atoms with Crippen molar-refractivity contribution < 1.29 is 32.3 Å². The summed E-state index contributed by atoms with van der Waals surface area (Å²) < 4.78 is 42.2. The van der Waals surface area contributed by atoms with Crippen LogP contribution >= 0.6 is 0 Å². The predicted octanol–water partition coefficient (Wildman–Crippen LogP) is 2.00. The molecule has 0 radical (unpaired) electrons. The van der Waals surface area contributed by atoms with E-state index in [1.54, 1.807) is 0 Å². The van der Waals surface area contributed by atoms with Gasteiger partial charge in [-0.25, -0.2) is 4.79 Å². The molecule has 1 aromatic heterocycles. The number of likely N-dealkylation sites (tertiary alicyclic amines) is 1. The molecule has 0 aliphatic carbocycles. The Morgan fingerprint density at radius 3 is 2.58 bits per heavy atom. The van der Waals surface area contributed by atoms with Crippen molar-refractivity contribution in [2.75, 3.05) is 13.1 Å². The van der Waals surface area contributed by atoms with Gasteiger partial charge in [0, 0.05) is 19.2 Å². The standard InChI is InChI=1S/C11H10F3NO4/c12-11(13,14)7-1-2-15(4-7)9(16)8-3-6(5-19-8)10(17)18/h3,5,7H,1-2,4H2,(H,17,18). The molecule has 2 heterocycles. The van der Waals surface area contributed by atoms with Crippen LogP contribution in [0.1, 0.15) is 27.3 Å². The Labute approximate surface area is 105 Å². The van der Waals surface area contributed by atoms with Crippen LogP contribution in [-0.4, -0.2) is 41.1 Å². The highest BCUT2D eigenvalue weighted by Crippen LogP contribution is 2.34. The molecule has 1 amide bonds. The Bertz CT molecular complexity index is 508. The van der Waals surface area contributed by atoms with Crippen LogP contribution in [-0.2, 0) is 0 Å². The molecule has 1 aliphatic rings. The number of rotatable bonds is 2. The molecule has 1 fully saturated rings. The summed E-state index contributed by atoms with van der Waals surface area (Å²) in [5.41, 5.74) is -0.213. The van der Waals surface area contributed by atoms with Gasteiger partial charge in [0.05, 0.1) is 11.5 Å². The van der Waals surface area contributed by atoms with E-state index in [0.717, 1.165) is 17.2 Å². The van der Waals surface area contributed by atoms with Gasteiger partial charge in [-0.3, -0.25) is 4.79 Å². The third-order valence-electron chi connectivity index (χ3n) is 3.00. The lowest BCUT2D eigenvalue weighted by Crippen LogP contribution is -2.31. The fraction of sp³-hybridized carbons (Fsp3) is 0.455. The average molecular weight is 277 g/mol. The van der Waals surface area contributed by atoms with Crippen LogP contribution in [0.2, 0.25) is 0 Å². The molecular weight excluding hydrogens is 267 g/mol. The maximum Gasteiger partial charge on any atom is 0.393 e. The second-order valence-electron chi connectivity index (χ2n) is 4.28. The Hall–Kier alpha value is -1.99. The highest BCUT2D eigenvalue weighted by molar-refractivity contribution is 5.95. The number of carboxylic acid groups (broad SMARTS) is 1. The molecule has 1 N–H and O–H groups in total. The van der Waals surface area contributed by atoms with Crippen LogP contribution < -0.4 is 0 Å². The number of halogens is 3. The summed E-state index contributed by atoms with van der Waals surface area (Å²) >= 11 is 0. The van der Waals surface area contributed by atoms with Crippen molar-refractivity contribution in [3.05, 3.63) is 23.7 Å². The first-order valence-electron chi connectivity index (χ1n) is 5.47. The number of aromatic carboxylic acids is 1.